The summed E-state index contributed by atoms with van der Waals surface area (Å²) in [5.41, 5.74) is 0.881. The summed E-state index contributed by atoms with van der Waals surface area (Å²) < 4.78 is 35.3. The first-order valence-corrected chi connectivity index (χ1v) is 10.2. The van der Waals surface area contributed by atoms with E-state index in [0.29, 0.717) is 36.2 Å². The molecule has 1 heterocycles. The molecule has 0 saturated heterocycles. The van der Waals surface area contributed by atoms with Gasteiger partial charge in [0.05, 0.1) is 19.3 Å². The van der Waals surface area contributed by atoms with Gasteiger partial charge in [0.15, 0.2) is 17.3 Å². The maximum atomic E-state index is 13.0. The molecule has 7 heteroatoms. The monoisotopic (exact) mass is 427 g/mol. The molecule has 0 saturated carbocycles. The van der Waals surface area contributed by atoms with Crippen LogP contribution in [0.2, 0.25) is 0 Å². The summed E-state index contributed by atoms with van der Waals surface area (Å²) in [5, 5.41) is 2.92. The number of carbonyl (C=O) groups is 1. The maximum absolute atomic E-state index is 13.0. The van der Waals surface area contributed by atoms with Crippen LogP contribution in [0.4, 0.5) is 4.39 Å². The number of hydrogen-bond acceptors (Lipinski definition) is 5. The second-order valence-electron chi connectivity index (χ2n) is 6.78. The molecule has 6 nitrogen and oxygen atoms in total. The Labute approximate surface area is 180 Å². The fourth-order valence-corrected chi connectivity index (χ4v) is 2.95. The van der Waals surface area contributed by atoms with Crippen molar-refractivity contribution in [2.24, 2.45) is 0 Å². The highest BCUT2D eigenvalue weighted by atomic mass is 19.1. The average Bonchev–Trinajstić information content (AvgIpc) is 3.24. The SMILES string of the molecule is CCOc1ccc(C(C)NC(=O)c2ccc(COc3ccc(F)cc3)o2)cc1OCC. The van der Waals surface area contributed by atoms with Crippen molar-refractivity contribution in [3.63, 3.8) is 0 Å². The third-order valence-electron chi connectivity index (χ3n) is 4.50. The van der Waals surface area contributed by atoms with Gasteiger partial charge in [-0.05, 0) is 74.9 Å². The number of hydrogen-bond donors (Lipinski definition) is 1. The predicted octanol–water partition coefficient (Wildman–Crippen LogP) is 5.29. The molecule has 0 radical (unpaired) electrons. The molecule has 31 heavy (non-hydrogen) atoms. The Balaban J connectivity index is 1.60. The summed E-state index contributed by atoms with van der Waals surface area (Å²) in [6.45, 7) is 6.88. The maximum Gasteiger partial charge on any atom is 0.287 e. The van der Waals surface area contributed by atoms with Crippen LogP contribution >= 0.6 is 0 Å². The van der Waals surface area contributed by atoms with E-state index in [2.05, 4.69) is 5.32 Å². The molecule has 0 aliphatic heterocycles. The van der Waals surface area contributed by atoms with Gasteiger partial charge in [0.25, 0.3) is 5.91 Å². The van der Waals surface area contributed by atoms with Crippen molar-refractivity contribution in [1.29, 1.82) is 0 Å². The van der Waals surface area contributed by atoms with Crippen LogP contribution in [-0.4, -0.2) is 19.1 Å². The summed E-state index contributed by atoms with van der Waals surface area (Å²) in [6.07, 6.45) is 0. The second kappa shape index (κ2) is 10.5. The zero-order valence-corrected chi connectivity index (χ0v) is 17.8. The van der Waals surface area contributed by atoms with Gasteiger partial charge in [-0.25, -0.2) is 4.39 Å². The third-order valence-corrected chi connectivity index (χ3v) is 4.50. The molecule has 3 rings (SSSR count). The number of halogens is 1. The minimum Gasteiger partial charge on any atom is -0.490 e. The van der Waals surface area contributed by atoms with Gasteiger partial charge in [0.1, 0.15) is 23.9 Å². The third kappa shape index (κ3) is 6.01. The summed E-state index contributed by atoms with van der Waals surface area (Å²) in [7, 11) is 0. The fourth-order valence-electron chi connectivity index (χ4n) is 2.95. The molecule has 1 atom stereocenters. The van der Waals surface area contributed by atoms with Crippen molar-refractivity contribution < 1.29 is 27.8 Å². The van der Waals surface area contributed by atoms with Crippen molar-refractivity contribution in [2.75, 3.05) is 13.2 Å². The molecule has 0 aliphatic rings. The summed E-state index contributed by atoms with van der Waals surface area (Å²) in [4.78, 5) is 12.6. The van der Waals surface area contributed by atoms with Crippen LogP contribution in [0.1, 0.15) is 48.7 Å². The first-order chi connectivity index (χ1) is 15.0. The molecule has 1 aromatic heterocycles. The zero-order valence-electron chi connectivity index (χ0n) is 17.8. The van der Waals surface area contributed by atoms with Gasteiger partial charge in [0.2, 0.25) is 0 Å². The van der Waals surface area contributed by atoms with Gasteiger partial charge in [-0.2, -0.15) is 0 Å². The molecular formula is C24H26FNO5. The topological polar surface area (TPSA) is 69.9 Å². The summed E-state index contributed by atoms with van der Waals surface area (Å²) in [5.74, 6) is 1.82. The molecule has 1 N–H and O–H groups in total. The summed E-state index contributed by atoms with van der Waals surface area (Å²) >= 11 is 0. The molecule has 2 aromatic carbocycles. The Morgan fingerprint density at radius 1 is 0.968 bits per heavy atom. The minimum atomic E-state index is -0.340. The standard InChI is InChI=1S/C24H26FNO5/c1-4-28-21-12-6-17(14-23(21)29-5-2)16(3)26-24(27)22-13-11-20(31-22)15-30-19-9-7-18(25)8-10-19/h6-14,16H,4-5,15H2,1-3H3,(H,26,27). The van der Waals surface area contributed by atoms with E-state index in [0.717, 1.165) is 5.56 Å². The average molecular weight is 427 g/mol. The van der Waals surface area contributed by atoms with Crippen molar-refractivity contribution in [3.05, 3.63) is 77.5 Å². The molecule has 0 spiro atoms. The molecule has 3 aromatic rings. The zero-order chi connectivity index (χ0) is 22.2. The van der Waals surface area contributed by atoms with Crippen molar-refractivity contribution in [2.45, 2.75) is 33.4 Å². The van der Waals surface area contributed by atoms with E-state index >= 15 is 0 Å². The van der Waals surface area contributed by atoms with Crippen LogP contribution in [-0.2, 0) is 6.61 Å². The smallest absolute Gasteiger partial charge is 0.287 e. The number of benzene rings is 2. The highest BCUT2D eigenvalue weighted by Gasteiger charge is 2.17. The van der Waals surface area contributed by atoms with Crippen LogP contribution in [0.3, 0.4) is 0 Å². The number of amides is 1. The molecule has 0 bridgehead atoms. The van der Waals surface area contributed by atoms with E-state index in [4.69, 9.17) is 18.6 Å². The Hall–Kier alpha value is -3.48. The van der Waals surface area contributed by atoms with E-state index in [1.54, 1.807) is 12.1 Å². The van der Waals surface area contributed by atoms with Gasteiger partial charge in [-0.1, -0.05) is 6.07 Å². The molecule has 0 fully saturated rings. The molecule has 1 unspecified atom stereocenters. The van der Waals surface area contributed by atoms with E-state index < -0.39 is 0 Å². The Morgan fingerprint density at radius 3 is 2.39 bits per heavy atom. The van der Waals surface area contributed by atoms with E-state index in [9.17, 15) is 9.18 Å². The van der Waals surface area contributed by atoms with Gasteiger partial charge >= 0.3 is 0 Å². The van der Waals surface area contributed by atoms with Crippen molar-refractivity contribution >= 4 is 5.91 Å². The second-order valence-corrected chi connectivity index (χ2v) is 6.78. The Bertz CT molecular complexity index is 999. The molecule has 0 aliphatic carbocycles. The first-order valence-electron chi connectivity index (χ1n) is 10.2. The lowest BCUT2D eigenvalue weighted by atomic mass is 10.1. The highest BCUT2D eigenvalue weighted by Crippen LogP contribution is 2.31. The lowest BCUT2D eigenvalue weighted by Gasteiger charge is -2.17. The van der Waals surface area contributed by atoms with Crippen LogP contribution in [0.5, 0.6) is 17.2 Å². The number of ether oxygens (including phenoxy) is 3. The van der Waals surface area contributed by atoms with Crippen LogP contribution < -0.4 is 19.5 Å². The van der Waals surface area contributed by atoms with Crippen molar-refractivity contribution in [3.8, 4) is 17.2 Å². The van der Waals surface area contributed by atoms with E-state index in [1.807, 2.05) is 39.0 Å². The number of carbonyl (C=O) groups excluding carboxylic acids is 1. The minimum absolute atomic E-state index is 0.130. The lowest BCUT2D eigenvalue weighted by Crippen LogP contribution is -2.26. The van der Waals surface area contributed by atoms with Gasteiger partial charge < -0.3 is 23.9 Å². The van der Waals surface area contributed by atoms with Crippen LogP contribution in [0.25, 0.3) is 0 Å². The van der Waals surface area contributed by atoms with Gasteiger partial charge in [-0.15, -0.1) is 0 Å². The predicted molar refractivity (Wildman–Crippen MR) is 114 cm³/mol. The van der Waals surface area contributed by atoms with Gasteiger partial charge in [0, 0.05) is 0 Å². The Morgan fingerprint density at radius 2 is 1.68 bits per heavy atom. The van der Waals surface area contributed by atoms with Gasteiger partial charge in [-0.3, -0.25) is 4.79 Å². The molecule has 1 amide bonds. The first kappa shape index (κ1) is 22.2. The van der Waals surface area contributed by atoms with E-state index in [-0.39, 0.29) is 30.1 Å². The highest BCUT2D eigenvalue weighted by molar-refractivity contribution is 5.91. The Kier molecular flexibility index (Phi) is 7.54. The number of nitrogens with one attached hydrogen (secondary N) is 1. The number of rotatable bonds is 10. The number of furan rings is 1. The quantitative estimate of drug-likeness (QED) is 0.476. The van der Waals surface area contributed by atoms with Crippen LogP contribution in [0, 0.1) is 5.82 Å². The normalized spacial score (nSPS) is 11.6. The van der Waals surface area contributed by atoms with Crippen LogP contribution in [0.15, 0.2) is 59.0 Å². The van der Waals surface area contributed by atoms with Crippen molar-refractivity contribution in [1.82, 2.24) is 5.32 Å². The molecule has 164 valence electrons. The van der Waals surface area contributed by atoms with E-state index in [1.165, 1.54) is 24.3 Å². The summed E-state index contributed by atoms with van der Waals surface area (Å²) in [6, 6.07) is 14.3. The lowest BCUT2D eigenvalue weighted by molar-refractivity contribution is 0.0907. The fraction of sp³-hybridized carbons (Fsp3) is 0.292. The molecular weight excluding hydrogens is 401 g/mol. The largest absolute Gasteiger partial charge is 0.490 e.